The van der Waals surface area contributed by atoms with Crippen molar-refractivity contribution in [1.82, 2.24) is 4.90 Å². The third-order valence-corrected chi connectivity index (χ3v) is 2.57. The number of hydrogen-bond acceptors (Lipinski definition) is 3. The number of rotatable bonds is 8. The van der Waals surface area contributed by atoms with Gasteiger partial charge < -0.3 is 19.8 Å². The number of hydrogen-bond donors (Lipinski definition) is 2. The molecule has 5 nitrogen and oxygen atoms in total. The number of nitrogens with zero attached hydrogens (tertiary/aromatic N) is 1. The van der Waals surface area contributed by atoms with Crippen LogP contribution in [0.25, 0.3) is 0 Å². The number of carbonyl (C=O) groups is 1. The number of amides is 1. The normalized spacial score (nSPS) is 11.9. The molecule has 1 atom stereocenters. The number of unbranched alkanes of at least 4 members (excludes halogenated alkanes) is 1. The fraction of sp³-hybridized carbons (Fsp3) is 0.429. The van der Waals surface area contributed by atoms with Crippen molar-refractivity contribution in [3.63, 3.8) is 0 Å². The van der Waals surface area contributed by atoms with Crippen LogP contribution in [-0.4, -0.2) is 47.0 Å². The first kappa shape index (κ1) is 15.3. The number of aliphatic hydroxyl groups excluding tert-OH is 1. The van der Waals surface area contributed by atoms with Gasteiger partial charge in [0.05, 0.1) is 6.54 Å². The summed E-state index contributed by atoms with van der Waals surface area (Å²) >= 11 is 0. The minimum absolute atomic E-state index is 0.0438. The molecule has 0 fully saturated rings. The van der Waals surface area contributed by atoms with E-state index >= 15 is 0 Å². The lowest BCUT2D eigenvalue weighted by atomic mass is 10.3. The molecule has 1 amide bonds. The maximum atomic E-state index is 11.0. The molecule has 0 aromatic heterocycles. The molecule has 1 aromatic rings. The van der Waals surface area contributed by atoms with Crippen molar-refractivity contribution in [3.05, 3.63) is 37.3 Å². The number of aliphatic hydroxyl groups is 1. The lowest BCUT2D eigenvalue weighted by molar-refractivity contribution is 0.0649. The number of para-hydroxylation sites is 1. The Morgan fingerprint density at radius 1 is 1.37 bits per heavy atom. The lowest BCUT2D eigenvalue weighted by Crippen LogP contribution is -2.39. The second kappa shape index (κ2) is 8.37. The van der Waals surface area contributed by atoms with Crippen LogP contribution < -0.4 is 4.74 Å². The average Bonchev–Trinajstić information content (AvgIpc) is 2.42. The van der Waals surface area contributed by atoms with E-state index in [2.05, 4.69) is 6.92 Å². The second-order valence-corrected chi connectivity index (χ2v) is 4.21. The van der Waals surface area contributed by atoms with E-state index in [0.717, 1.165) is 0 Å². The van der Waals surface area contributed by atoms with Gasteiger partial charge in [-0.3, -0.25) is 0 Å². The van der Waals surface area contributed by atoms with Gasteiger partial charge in [-0.15, -0.1) is 0 Å². The van der Waals surface area contributed by atoms with E-state index in [4.69, 9.17) is 9.84 Å². The van der Waals surface area contributed by atoms with Gasteiger partial charge in [-0.25, -0.2) is 4.79 Å². The van der Waals surface area contributed by atoms with Gasteiger partial charge in [0.2, 0.25) is 0 Å². The molecular weight excluding hydrogens is 246 g/mol. The molecule has 1 unspecified atom stereocenters. The molecule has 0 saturated heterocycles. The topological polar surface area (TPSA) is 70.0 Å². The molecule has 0 aliphatic carbocycles. The maximum Gasteiger partial charge on any atom is 0.407 e. The summed E-state index contributed by atoms with van der Waals surface area (Å²) in [5, 5.41) is 18.8. The van der Waals surface area contributed by atoms with Gasteiger partial charge in [-0.05, 0) is 18.6 Å². The van der Waals surface area contributed by atoms with Gasteiger partial charge in [0.25, 0.3) is 0 Å². The molecule has 0 aliphatic rings. The smallest absolute Gasteiger partial charge is 0.407 e. The van der Waals surface area contributed by atoms with Crippen LogP contribution >= 0.6 is 0 Å². The highest BCUT2D eigenvalue weighted by Gasteiger charge is 2.16. The van der Waals surface area contributed by atoms with E-state index in [1.54, 1.807) is 12.1 Å². The summed E-state index contributed by atoms with van der Waals surface area (Å²) in [4.78, 5) is 12.2. The van der Waals surface area contributed by atoms with Gasteiger partial charge in [-0.1, -0.05) is 31.5 Å². The lowest BCUT2D eigenvalue weighted by Gasteiger charge is -2.22. The summed E-state index contributed by atoms with van der Waals surface area (Å²) < 4.78 is 5.37. The van der Waals surface area contributed by atoms with Crippen molar-refractivity contribution < 1.29 is 19.7 Å². The van der Waals surface area contributed by atoms with Crippen LogP contribution in [0.3, 0.4) is 0 Å². The zero-order chi connectivity index (χ0) is 14.1. The highest BCUT2D eigenvalue weighted by atomic mass is 16.5. The van der Waals surface area contributed by atoms with Crippen molar-refractivity contribution in [2.24, 2.45) is 0 Å². The number of ether oxygens (including phenoxy) is 1. The fourth-order valence-corrected chi connectivity index (χ4v) is 1.58. The summed E-state index contributed by atoms with van der Waals surface area (Å²) in [7, 11) is 0. The Bertz CT molecular complexity index is 369. The number of carboxylic acid groups (broad SMARTS) is 1. The Morgan fingerprint density at radius 3 is 2.63 bits per heavy atom. The van der Waals surface area contributed by atoms with Gasteiger partial charge >= 0.3 is 6.09 Å². The Balaban J connectivity index is 2.35. The van der Waals surface area contributed by atoms with E-state index in [9.17, 15) is 9.90 Å². The largest absolute Gasteiger partial charge is 0.491 e. The Kier molecular flexibility index (Phi) is 6.74. The first-order valence-electron chi connectivity index (χ1n) is 6.26. The first-order valence-corrected chi connectivity index (χ1v) is 6.26. The van der Waals surface area contributed by atoms with E-state index in [-0.39, 0.29) is 13.2 Å². The third kappa shape index (κ3) is 6.10. The molecule has 1 rings (SSSR count). The van der Waals surface area contributed by atoms with Crippen LogP contribution in [0.1, 0.15) is 12.8 Å². The average molecular weight is 266 g/mol. The van der Waals surface area contributed by atoms with E-state index in [1.807, 2.05) is 18.2 Å². The zero-order valence-electron chi connectivity index (χ0n) is 10.9. The maximum absolute atomic E-state index is 11.0. The summed E-state index contributed by atoms with van der Waals surface area (Å²) in [5.41, 5.74) is 0. The van der Waals surface area contributed by atoms with Crippen molar-refractivity contribution in [1.29, 1.82) is 0 Å². The molecule has 0 bridgehead atoms. The Hall–Kier alpha value is -1.75. The molecule has 0 saturated carbocycles. The third-order valence-electron chi connectivity index (χ3n) is 2.57. The predicted molar refractivity (Wildman–Crippen MR) is 72.1 cm³/mol. The molecule has 2 N–H and O–H groups in total. The van der Waals surface area contributed by atoms with Crippen LogP contribution in [0.2, 0.25) is 0 Å². The van der Waals surface area contributed by atoms with E-state index in [1.165, 1.54) is 4.90 Å². The summed E-state index contributed by atoms with van der Waals surface area (Å²) in [6.07, 6.45) is -0.535. The van der Waals surface area contributed by atoms with Gasteiger partial charge in [-0.2, -0.15) is 0 Å². The Morgan fingerprint density at radius 2 is 2.05 bits per heavy atom. The quantitative estimate of drug-likeness (QED) is 0.755. The minimum Gasteiger partial charge on any atom is -0.491 e. The van der Waals surface area contributed by atoms with Crippen LogP contribution in [0.15, 0.2) is 30.3 Å². The minimum atomic E-state index is -1.03. The van der Waals surface area contributed by atoms with Crippen LogP contribution in [0.5, 0.6) is 5.75 Å². The molecule has 105 valence electrons. The SMILES string of the molecule is [CH2]CCCN(CC(O)COc1ccccc1)C(=O)O. The van der Waals surface area contributed by atoms with Gasteiger partial charge in [0.1, 0.15) is 18.5 Å². The van der Waals surface area contributed by atoms with Crippen molar-refractivity contribution >= 4 is 6.09 Å². The van der Waals surface area contributed by atoms with Crippen LogP contribution in [0.4, 0.5) is 4.79 Å². The molecule has 19 heavy (non-hydrogen) atoms. The first-order chi connectivity index (χ1) is 9.13. The summed E-state index contributed by atoms with van der Waals surface area (Å²) in [6, 6.07) is 9.10. The predicted octanol–water partition coefficient (Wildman–Crippen LogP) is 2.02. The van der Waals surface area contributed by atoms with E-state index in [0.29, 0.717) is 25.1 Å². The van der Waals surface area contributed by atoms with Crippen LogP contribution in [-0.2, 0) is 0 Å². The van der Waals surface area contributed by atoms with Crippen molar-refractivity contribution in [2.75, 3.05) is 19.7 Å². The van der Waals surface area contributed by atoms with Gasteiger partial charge in [0.15, 0.2) is 0 Å². The molecule has 1 aromatic carbocycles. The van der Waals surface area contributed by atoms with Gasteiger partial charge in [0, 0.05) is 6.54 Å². The molecule has 0 spiro atoms. The van der Waals surface area contributed by atoms with Crippen molar-refractivity contribution in [2.45, 2.75) is 18.9 Å². The summed E-state index contributed by atoms with van der Waals surface area (Å²) in [6.45, 7) is 4.15. The molecule has 5 heteroatoms. The zero-order valence-corrected chi connectivity index (χ0v) is 10.9. The highest BCUT2D eigenvalue weighted by molar-refractivity contribution is 5.64. The van der Waals surface area contributed by atoms with E-state index < -0.39 is 12.2 Å². The monoisotopic (exact) mass is 266 g/mol. The standard InChI is InChI=1S/C14H20NO4/c1-2-3-9-15(14(17)18)10-12(16)11-19-13-7-5-4-6-8-13/h4-8,12,16H,1-3,9-11H2,(H,17,18). The number of benzene rings is 1. The Labute approximate surface area is 113 Å². The fourth-order valence-electron chi connectivity index (χ4n) is 1.58. The highest BCUT2D eigenvalue weighted by Crippen LogP contribution is 2.09. The second-order valence-electron chi connectivity index (χ2n) is 4.21. The van der Waals surface area contributed by atoms with Crippen molar-refractivity contribution in [3.8, 4) is 5.75 Å². The molecular formula is C14H20NO4. The molecule has 1 radical (unpaired) electrons. The molecule has 0 aliphatic heterocycles. The summed E-state index contributed by atoms with van der Waals surface area (Å²) in [5.74, 6) is 0.654. The molecule has 0 heterocycles. The van der Waals surface area contributed by atoms with Crippen LogP contribution in [0, 0.1) is 6.92 Å².